The van der Waals surface area contributed by atoms with Crippen LogP contribution in [-0.2, 0) is 6.42 Å². The molecule has 1 atom stereocenters. The molecule has 1 amide bonds. The maximum absolute atomic E-state index is 13.1. The van der Waals surface area contributed by atoms with Gasteiger partial charge in [0.25, 0.3) is 5.91 Å². The van der Waals surface area contributed by atoms with E-state index in [1.165, 1.54) is 12.1 Å². The van der Waals surface area contributed by atoms with Crippen LogP contribution in [0.25, 0.3) is 5.65 Å². The number of carbonyl (C=O) groups is 1. The Hall–Kier alpha value is -3.48. The standard InChI is InChI=1S/C24H23FN4O2/c1-16-4-2-6-22-27-21(15-29(16)22)24(30)28-11-3-5-18(14-28)23-26-13-20(31-23)12-17-7-9-19(25)10-8-17/h2,4,6-10,13,15,18H,3,5,11-12,14H2,1H3. The molecule has 7 heteroatoms. The molecule has 4 aromatic rings. The van der Waals surface area contributed by atoms with Gasteiger partial charge in [0.05, 0.1) is 12.1 Å². The van der Waals surface area contributed by atoms with Gasteiger partial charge in [-0.1, -0.05) is 18.2 Å². The van der Waals surface area contributed by atoms with Crippen molar-refractivity contribution in [2.75, 3.05) is 13.1 Å². The van der Waals surface area contributed by atoms with Crippen LogP contribution in [0.15, 0.2) is 59.3 Å². The van der Waals surface area contributed by atoms with Gasteiger partial charge in [-0.3, -0.25) is 4.79 Å². The predicted octanol–water partition coefficient (Wildman–Crippen LogP) is 4.38. The molecule has 0 radical (unpaired) electrons. The lowest BCUT2D eigenvalue weighted by Gasteiger charge is -2.30. The predicted molar refractivity (Wildman–Crippen MR) is 114 cm³/mol. The van der Waals surface area contributed by atoms with Crippen LogP contribution in [0.4, 0.5) is 4.39 Å². The molecule has 158 valence electrons. The Morgan fingerprint density at radius 2 is 2.06 bits per heavy atom. The number of aromatic nitrogens is 3. The number of hydrogen-bond acceptors (Lipinski definition) is 4. The maximum atomic E-state index is 13.1. The molecule has 0 N–H and O–H groups in total. The lowest BCUT2D eigenvalue weighted by molar-refractivity contribution is 0.0692. The van der Waals surface area contributed by atoms with Gasteiger partial charge in [-0.25, -0.2) is 14.4 Å². The van der Waals surface area contributed by atoms with Crippen LogP contribution in [-0.4, -0.2) is 38.3 Å². The van der Waals surface area contributed by atoms with E-state index in [2.05, 4.69) is 9.97 Å². The van der Waals surface area contributed by atoms with Crippen molar-refractivity contribution in [3.05, 3.63) is 89.3 Å². The highest BCUT2D eigenvalue weighted by molar-refractivity contribution is 5.93. The normalized spacial score (nSPS) is 16.7. The first-order chi connectivity index (χ1) is 15.1. The average molecular weight is 418 g/mol. The summed E-state index contributed by atoms with van der Waals surface area (Å²) >= 11 is 0. The van der Waals surface area contributed by atoms with Crippen molar-refractivity contribution in [3.63, 3.8) is 0 Å². The summed E-state index contributed by atoms with van der Waals surface area (Å²) in [4.78, 5) is 23.9. The molecular weight excluding hydrogens is 395 g/mol. The van der Waals surface area contributed by atoms with Gasteiger partial charge in [-0.2, -0.15) is 0 Å². The molecule has 0 aliphatic carbocycles. The molecule has 1 aliphatic rings. The van der Waals surface area contributed by atoms with E-state index in [1.807, 2.05) is 40.6 Å². The van der Waals surface area contributed by atoms with Crippen LogP contribution >= 0.6 is 0 Å². The van der Waals surface area contributed by atoms with Gasteiger partial charge in [0.2, 0.25) is 0 Å². The number of rotatable bonds is 4. The second kappa shape index (κ2) is 7.98. The molecule has 6 nitrogen and oxygen atoms in total. The maximum Gasteiger partial charge on any atom is 0.274 e. The van der Waals surface area contributed by atoms with Crippen molar-refractivity contribution in [3.8, 4) is 0 Å². The lowest BCUT2D eigenvalue weighted by Crippen LogP contribution is -2.39. The van der Waals surface area contributed by atoms with Crippen LogP contribution in [0, 0.1) is 12.7 Å². The Labute approximate surface area is 179 Å². The number of benzene rings is 1. The number of oxazole rings is 1. The number of fused-ring (bicyclic) bond motifs is 1. The number of pyridine rings is 1. The first-order valence-corrected chi connectivity index (χ1v) is 10.5. The van der Waals surface area contributed by atoms with Crippen LogP contribution in [0.1, 0.15) is 52.2 Å². The fourth-order valence-corrected chi connectivity index (χ4v) is 4.17. The van der Waals surface area contributed by atoms with Gasteiger partial charge in [0.15, 0.2) is 5.89 Å². The van der Waals surface area contributed by atoms with E-state index in [-0.39, 0.29) is 17.6 Å². The minimum absolute atomic E-state index is 0.0541. The van der Waals surface area contributed by atoms with Crippen molar-refractivity contribution < 1.29 is 13.6 Å². The molecule has 1 fully saturated rings. The summed E-state index contributed by atoms with van der Waals surface area (Å²) in [6.07, 6.45) is 5.90. The summed E-state index contributed by atoms with van der Waals surface area (Å²) in [6, 6.07) is 12.2. The Bertz CT molecular complexity index is 1230. The Morgan fingerprint density at radius 3 is 2.87 bits per heavy atom. The third-order valence-corrected chi connectivity index (χ3v) is 5.84. The second-order valence-electron chi connectivity index (χ2n) is 8.08. The number of hydrogen-bond donors (Lipinski definition) is 0. The SMILES string of the molecule is Cc1cccc2nc(C(=O)N3CCCC(c4ncc(Cc5ccc(F)cc5)o4)C3)cn12. The number of aryl methyl sites for hydroxylation is 1. The zero-order valence-electron chi connectivity index (χ0n) is 17.3. The molecule has 3 aromatic heterocycles. The van der Waals surface area contributed by atoms with Gasteiger partial charge in [0, 0.05) is 31.4 Å². The van der Waals surface area contributed by atoms with Crippen LogP contribution < -0.4 is 0 Å². The van der Waals surface area contributed by atoms with E-state index in [0.717, 1.165) is 35.5 Å². The van der Waals surface area contributed by atoms with Gasteiger partial charge in [-0.05, 0) is 49.6 Å². The third kappa shape index (κ3) is 3.95. The molecule has 0 bridgehead atoms. The van der Waals surface area contributed by atoms with E-state index in [4.69, 9.17) is 4.42 Å². The van der Waals surface area contributed by atoms with Gasteiger partial charge in [-0.15, -0.1) is 0 Å². The van der Waals surface area contributed by atoms with E-state index < -0.39 is 0 Å². The average Bonchev–Trinajstić information content (AvgIpc) is 3.43. The van der Waals surface area contributed by atoms with Crippen molar-refractivity contribution in [1.82, 2.24) is 19.3 Å². The van der Waals surface area contributed by atoms with Crippen molar-refractivity contribution in [2.45, 2.75) is 32.1 Å². The molecule has 0 saturated carbocycles. The fourth-order valence-electron chi connectivity index (χ4n) is 4.17. The zero-order valence-corrected chi connectivity index (χ0v) is 17.3. The molecular formula is C24H23FN4O2. The van der Waals surface area contributed by atoms with Gasteiger partial charge >= 0.3 is 0 Å². The quantitative estimate of drug-likeness (QED) is 0.493. The lowest BCUT2D eigenvalue weighted by atomic mass is 9.98. The van der Waals surface area contributed by atoms with Crippen LogP contribution in [0.5, 0.6) is 0 Å². The van der Waals surface area contributed by atoms with E-state index in [1.54, 1.807) is 18.3 Å². The van der Waals surface area contributed by atoms with Crippen LogP contribution in [0.3, 0.4) is 0 Å². The molecule has 1 saturated heterocycles. The van der Waals surface area contributed by atoms with Crippen molar-refractivity contribution >= 4 is 11.6 Å². The second-order valence-corrected chi connectivity index (χ2v) is 8.08. The largest absolute Gasteiger partial charge is 0.445 e. The highest BCUT2D eigenvalue weighted by Crippen LogP contribution is 2.28. The highest BCUT2D eigenvalue weighted by Gasteiger charge is 2.29. The number of halogens is 1. The third-order valence-electron chi connectivity index (χ3n) is 5.84. The Morgan fingerprint density at radius 1 is 1.23 bits per heavy atom. The molecule has 1 aliphatic heterocycles. The van der Waals surface area contributed by atoms with E-state index >= 15 is 0 Å². The number of amides is 1. The van der Waals surface area contributed by atoms with Gasteiger partial charge < -0.3 is 13.7 Å². The summed E-state index contributed by atoms with van der Waals surface area (Å²) in [6.45, 7) is 3.25. The van der Waals surface area contributed by atoms with E-state index in [0.29, 0.717) is 31.1 Å². The first-order valence-electron chi connectivity index (χ1n) is 10.5. The summed E-state index contributed by atoms with van der Waals surface area (Å²) < 4.78 is 21.0. The molecule has 1 unspecified atom stereocenters. The number of piperidine rings is 1. The highest BCUT2D eigenvalue weighted by atomic mass is 19.1. The van der Waals surface area contributed by atoms with Crippen LogP contribution in [0.2, 0.25) is 0 Å². The molecule has 5 rings (SSSR count). The Balaban J connectivity index is 1.29. The minimum atomic E-state index is -0.255. The summed E-state index contributed by atoms with van der Waals surface area (Å²) in [7, 11) is 0. The molecule has 0 spiro atoms. The minimum Gasteiger partial charge on any atom is -0.445 e. The number of likely N-dealkylation sites (tertiary alicyclic amines) is 1. The Kier molecular flexibility index (Phi) is 5.02. The van der Waals surface area contributed by atoms with Gasteiger partial charge in [0.1, 0.15) is 22.9 Å². The zero-order chi connectivity index (χ0) is 21.4. The topological polar surface area (TPSA) is 63.6 Å². The number of imidazole rings is 1. The first kappa shape index (κ1) is 19.5. The summed E-state index contributed by atoms with van der Waals surface area (Å²) in [5.41, 5.74) is 3.23. The molecule has 1 aromatic carbocycles. The number of nitrogens with zero attached hydrogens (tertiary/aromatic N) is 4. The summed E-state index contributed by atoms with van der Waals surface area (Å²) in [5, 5.41) is 0. The number of carbonyl (C=O) groups excluding carboxylic acids is 1. The van der Waals surface area contributed by atoms with Crippen molar-refractivity contribution in [1.29, 1.82) is 0 Å². The van der Waals surface area contributed by atoms with E-state index in [9.17, 15) is 9.18 Å². The smallest absolute Gasteiger partial charge is 0.274 e. The molecule has 31 heavy (non-hydrogen) atoms. The summed E-state index contributed by atoms with van der Waals surface area (Å²) in [5.74, 6) is 1.13. The monoisotopic (exact) mass is 418 g/mol. The van der Waals surface area contributed by atoms with Crippen molar-refractivity contribution in [2.24, 2.45) is 0 Å². The molecule has 4 heterocycles. The fraction of sp³-hybridized carbons (Fsp3) is 0.292.